The van der Waals surface area contributed by atoms with Crippen LogP contribution >= 0.6 is 34.9 Å². The van der Waals surface area contributed by atoms with Crippen molar-refractivity contribution in [2.45, 2.75) is 14.4 Å². The van der Waals surface area contributed by atoms with Gasteiger partial charge in [0.25, 0.3) is 0 Å². The summed E-state index contributed by atoms with van der Waals surface area (Å²) in [6.45, 7) is 0. The van der Waals surface area contributed by atoms with Gasteiger partial charge in [-0.05, 0) is 24.0 Å². The van der Waals surface area contributed by atoms with Gasteiger partial charge in [0.2, 0.25) is 0 Å². The summed E-state index contributed by atoms with van der Waals surface area (Å²) >= 11 is 4.35. The van der Waals surface area contributed by atoms with Gasteiger partial charge >= 0.3 is 5.97 Å². The molecule has 4 nitrogen and oxygen atoms in total. The first-order chi connectivity index (χ1) is 9.10. The topological polar surface area (TPSA) is 63.1 Å². The van der Waals surface area contributed by atoms with Gasteiger partial charge in [-0.25, -0.2) is 9.18 Å². The summed E-state index contributed by atoms with van der Waals surface area (Å²) in [5.74, 6) is -1.25. The molecule has 1 aromatic carbocycles. The third-order valence-corrected chi connectivity index (χ3v) is 5.29. The van der Waals surface area contributed by atoms with Crippen LogP contribution in [0.5, 0.6) is 0 Å². The number of aromatic nitrogens is 2. The van der Waals surface area contributed by atoms with E-state index in [9.17, 15) is 9.18 Å². The lowest BCUT2D eigenvalue weighted by molar-refractivity contribution is 0.0696. The van der Waals surface area contributed by atoms with Crippen LogP contribution in [0.2, 0.25) is 0 Å². The quantitative estimate of drug-likeness (QED) is 0.853. The van der Waals surface area contributed by atoms with E-state index in [1.807, 2.05) is 6.26 Å². The fraction of sp³-hybridized carbons (Fsp3) is 0.182. The number of aromatic carboxylic acids is 1. The van der Waals surface area contributed by atoms with Crippen molar-refractivity contribution in [3.8, 4) is 0 Å². The van der Waals surface area contributed by atoms with Crippen LogP contribution in [0.4, 0.5) is 4.39 Å². The first kappa shape index (κ1) is 14.3. The van der Waals surface area contributed by atoms with Crippen molar-refractivity contribution in [3.63, 3.8) is 0 Å². The second-order valence-corrected chi connectivity index (χ2v) is 6.69. The summed E-state index contributed by atoms with van der Waals surface area (Å²) in [6, 6.07) is 3.92. The maximum Gasteiger partial charge on any atom is 0.335 e. The van der Waals surface area contributed by atoms with Crippen LogP contribution in [0.15, 0.2) is 26.9 Å². The average Bonchev–Trinajstić information content (AvgIpc) is 2.85. The molecule has 0 bridgehead atoms. The average molecular weight is 316 g/mol. The van der Waals surface area contributed by atoms with E-state index in [1.165, 1.54) is 47.0 Å². The molecule has 19 heavy (non-hydrogen) atoms. The minimum absolute atomic E-state index is 0.0492. The van der Waals surface area contributed by atoms with Crippen LogP contribution in [0.3, 0.4) is 0 Å². The Labute approximate surface area is 121 Å². The molecule has 2 rings (SSSR count). The monoisotopic (exact) mass is 316 g/mol. The van der Waals surface area contributed by atoms with Gasteiger partial charge in [-0.3, -0.25) is 0 Å². The summed E-state index contributed by atoms with van der Waals surface area (Å²) in [6.07, 6.45) is 1.92. The number of benzene rings is 1. The number of rotatable bonds is 5. The number of halogens is 1. The van der Waals surface area contributed by atoms with Crippen molar-refractivity contribution in [1.82, 2.24) is 10.2 Å². The molecule has 0 atom stereocenters. The Hall–Kier alpha value is -1.12. The second kappa shape index (κ2) is 6.36. The number of carboxylic acid groups (broad SMARTS) is 1. The summed E-state index contributed by atoms with van der Waals surface area (Å²) < 4.78 is 15.3. The zero-order valence-corrected chi connectivity index (χ0v) is 12.2. The molecule has 100 valence electrons. The third-order valence-electron chi connectivity index (χ3n) is 2.21. The largest absolute Gasteiger partial charge is 0.478 e. The van der Waals surface area contributed by atoms with Gasteiger partial charge in [-0.1, -0.05) is 40.9 Å². The molecule has 1 aromatic heterocycles. The maximum atomic E-state index is 13.7. The van der Waals surface area contributed by atoms with Crippen molar-refractivity contribution in [1.29, 1.82) is 0 Å². The molecule has 0 aliphatic carbocycles. The van der Waals surface area contributed by atoms with Crippen LogP contribution in [0.1, 0.15) is 15.9 Å². The van der Waals surface area contributed by atoms with E-state index in [0.29, 0.717) is 11.3 Å². The van der Waals surface area contributed by atoms with E-state index in [4.69, 9.17) is 5.11 Å². The van der Waals surface area contributed by atoms with E-state index in [0.717, 1.165) is 14.7 Å². The lowest BCUT2D eigenvalue weighted by Crippen LogP contribution is -1.98. The highest BCUT2D eigenvalue weighted by Gasteiger charge is 2.10. The lowest BCUT2D eigenvalue weighted by Gasteiger charge is -2.02. The van der Waals surface area contributed by atoms with Crippen LogP contribution in [-0.4, -0.2) is 27.5 Å². The Kier molecular flexibility index (Phi) is 4.78. The molecule has 1 N–H and O–H groups in total. The number of nitrogens with zero attached hydrogens (tertiary/aromatic N) is 2. The summed E-state index contributed by atoms with van der Waals surface area (Å²) in [5.41, 5.74) is 0.405. The molecule has 8 heteroatoms. The Morgan fingerprint density at radius 1 is 1.42 bits per heavy atom. The summed E-state index contributed by atoms with van der Waals surface area (Å²) in [5, 5.41) is 16.7. The van der Waals surface area contributed by atoms with Gasteiger partial charge in [0.15, 0.2) is 8.68 Å². The highest BCUT2D eigenvalue weighted by atomic mass is 32.2. The summed E-state index contributed by atoms with van der Waals surface area (Å²) in [7, 11) is 0. The first-order valence-corrected chi connectivity index (χ1v) is 8.15. The van der Waals surface area contributed by atoms with Crippen molar-refractivity contribution in [2.75, 3.05) is 6.26 Å². The Morgan fingerprint density at radius 2 is 2.16 bits per heavy atom. The molecule has 0 unspecified atom stereocenters. The minimum Gasteiger partial charge on any atom is -0.478 e. The zero-order valence-electron chi connectivity index (χ0n) is 9.79. The SMILES string of the molecule is CSc1nnc(SCc2ccc(C(=O)O)cc2F)s1. The standard InChI is InChI=1S/C11H9FN2O2S3/c1-17-10-13-14-11(19-10)18-5-7-3-2-6(9(15)16)4-8(7)12/h2-4H,5H2,1H3,(H,15,16). The van der Waals surface area contributed by atoms with Crippen LogP contribution < -0.4 is 0 Å². The zero-order chi connectivity index (χ0) is 13.8. The number of carbonyl (C=O) groups is 1. The van der Waals surface area contributed by atoms with E-state index in [1.54, 1.807) is 0 Å². The molecule has 2 aromatic rings. The number of carboxylic acids is 1. The van der Waals surface area contributed by atoms with Crippen LogP contribution in [0.25, 0.3) is 0 Å². The fourth-order valence-electron chi connectivity index (χ4n) is 1.27. The maximum absolute atomic E-state index is 13.7. The van der Waals surface area contributed by atoms with Gasteiger partial charge in [0.1, 0.15) is 5.82 Å². The number of thioether (sulfide) groups is 2. The van der Waals surface area contributed by atoms with Crippen LogP contribution in [-0.2, 0) is 5.75 Å². The molecule has 0 aliphatic heterocycles. The Balaban J connectivity index is 2.05. The molecule has 0 fully saturated rings. The third kappa shape index (κ3) is 3.68. The summed E-state index contributed by atoms with van der Waals surface area (Å²) in [4.78, 5) is 10.7. The molecule has 0 saturated heterocycles. The highest BCUT2D eigenvalue weighted by Crippen LogP contribution is 2.30. The lowest BCUT2D eigenvalue weighted by atomic mass is 10.1. The van der Waals surface area contributed by atoms with Gasteiger partial charge in [-0.15, -0.1) is 10.2 Å². The first-order valence-electron chi connectivity index (χ1n) is 5.12. The predicted octanol–water partition coefficient (Wildman–Crippen LogP) is 3.39. The van der Waals surface area contributed by atoms with Gasteiger partial charge < -0.3 is 5.11 Å². The Bertz CT molecular complexity index is 603. The molecule has 0 aliphatic rings. The van der Waals surface area contributed by atoms with Gasteiger partial charge in [0.05, 0.1) is 5.56 Å². The van der Waals surface area contributed by atoms with Gasteiger partial charge in [-0.2, -0.15) is 0 Å². The molecular weight excluding hydrogens is 307 g/mol. The molecule has 0 saturated carbocycles. The van der Waals surface area contributed by atoms with Crippen molar-refractivity contribution < 1.29 is 14.3 Å². The molecule has 0 spiro atoms. The van der Waals surface area contributed by atoms with E-state index in [-0.39, 0.29) is 5.56 Å². The number of hydrogen-bond acceptors (Lipinski definition) is 6. The smallest absolute Gasteiger partial charge is 0.335 e. The molecule has 0 amide bonds. The van der Waals surface area contributed by atoms with E-state index < -0.39 is 11.8 Å². The molecular formula is C11H9FN2O2S3. The highest BCUT2D eigenvalue weighted by molar-refractivity contribution is 8.02. The minimum atomic E-state index is -1.13. The Morgan fingerprint density at radius 3 is 2.74 bits per heavy atom. The molecule has 1 heterocycles. The van der Waals surface area contributed by atoms with Crippen molar-refractivity contribution >= 4 is 40.8 Å². The normalized spacial score (nSPS) is 10.6. The van der Waals surface area contributed by atoms with E-state index in [2.05, 4.69) is 10.2 Å². The van der Waals surface area contributed by atoms with Crippen LogP contribution in [0, 0.1) is 5.82 Å². The van der Waals surface area contributed by atoms with Crippen molar-refractivity contribution in [2.24, 2.45) is 0 Å². The van der Waals surface area contributed by atoms with E-state index >= 15 is 0 Å². The fourth-order valence-corrected chi connectivity index (χ4v) is 3.70. The van der Waals surface area contributed by atoms with Gasteiger partial charge in [0, 0.05) is 5.75 Å². The second-order valence-electron chi connectivity index (χ2n) is 3.44. The number of hydrogen-bond donors (Lipinski definition) is 1. The predicted molar refractivity (Wildman–Crippen MR) is 74.6 cm³/mol. The molecule has 0 radical (unpaired) electrons. The van der Waals surface area contributed by atoms with Crippen molar-refractivity contribution in [3.05, 3.63) is 35.1 Å².